The van der Waals surface area contributed by atoms with Crippen LogP contribution < -0.4 is 16.0 Å². The zero-order valence-electron chi connectivity index (χ0n) is 19.0. The molecule has 0 aliphatic rings. The summed E-state index contributed by atoms with van der Waals surface area (Å²) in [6, 6.07) is 23.3. The summed E-state index contributed by atoms with van der Waals surface area (Å²) in [5, 5.41) is 8.79. The van der Waals surface area contributed by atoms with E-state index in [4.69, 9.17) is 0 Å². The summed E-state index contributed by atoms with van der Waals surface area (Å²) in [6.07, 6.45) is 0. The second-order valence-electron chi connectivity index (χ2n) is 7.86. The van der Waals surface area contributed by atoms with Gasteiger partial charge in [0, 0.05) is 36.6 Å². The predicted molar refractivity (Wildman–Crippen MR) is 130 cm³/mol. The largest absolute Gasteiger partial charge is 0.376 e. The van der Waals surface area contributed by atoms with Crippen molar-refractivity contribution in [3.8, 4) is 0 Å². The average Bonchev–Trinajstić information content (AvgIpc) is 2.83. The molecule has 0 aliphatic carbocycles. The smallest absolute Gasteiger partial charge is 0.253 e. The Bertz CT molecular complexity index is 1090. The summed E-state index contributed by atoms with van der Waals surface area (Å²) in [7, 11) is 3.39. The molecule has 1 unspecified atom stereocenters. The molecule has 3 rings (SSSR count). The Morgan fingerprint density at radius 1 is 0.788 bits per heavy atom. The Kier molecular flexibility index (Phi) is 7.81. The van der Waals surface area contributed by atoms with Crippen molar-refractivity contribution >= 4 is 29.1 Å². The van der Waals surface area contributed by atoms with Crippen molar-refractivity contribution in [1.82, 2.24) is 10.2 Å². The average molecular weight is 445 g/mol. The highest BCUT2D eigenvalue weighted by Crippen LogP contribution is 2.15. The van der Waals surface area contributed by atoms with Crippen LogP contribution in [0.5, 0.6) is 0 Å². The highest BCUT2D eigenvalue weighted by molar-refractivity contribution is 5.97. The van der Waals surface area contributed by atoms with Crippen molar-refractivity contribution < 1.29 is 14.4 Å². The first-order valence-electron chi connectivity index (χ1n) is 10.6. The van der Waals surface area contributed by atoms with E-state index in [1.807, 2.05) is 37.3 Å². The summed E-state index contributed by atoms with van der Waals surface area (Å²) in [5.41, 5.74) is 3.46. The third kappa shape index (κ3) is 6.67. The fraction of sp³-hybridized carbons (Fsp3) is 0.192. The van der Waals surface area contributed by atoms with E-state index in [0.29, 0.717) is 16.8 Å². The predicted octanol–water partition coefficient (Wildman–Crippen LogP) is 3.93. The fourth-order valence-corrected chi connectivity index (χ4v) is 3.19. The van der Waals surface area contributed by atoms with Gasteiger partial charge in [0.15, 0.2) is 0 Å². The first kappa shape index (κ1) is 23.5. The van der Waals surface area contributed by atoms with Crippen LogP contribution >= 0.6 is 0 Å². The number of carbonyl (C=O) groups excluding carboxylic acids is 3. The molecule has 0 heterocycles. The summed E-state index contributed by atoms with van der Waals surface area (Å²) in [6.45, 7) is 2.00. The number of hydrogen-bond acceptors (Lipinski definition) is 4. The van der Waals surface area contributed by atoms with Gasteiger partial charge < -0.3 is 20.9 Å². The van der Waals surface area contributed by atoms with E-state index in [1.165, 1.54) is 4.90 Å². The number of benzene rings is 3. The molecule has 3 N–H and O–H groups in total. The summed E-state index contributed by atoms with van der Waals surface area (Å²) < 4.78 is 0. The lowest BCUT2D eigenvalue weighted by Crippen LogP contribution is -2.26. The summed E-state index contributed by atoms with van der Waals surface area (Å²) in [5.74, 6) is -0.480. The van der Waals surface area contributed by atoms with Crippen LogP contribution in [0.25, 0.3) is 0 Å². The monoisotopic (exact) mass is 444 g/mol. The zero-order chi connectivity index (χ0) is 23.8. The number of nitrogens with zero attached hydrogens (tertiary/aromatic N) is 1. The summed E-state index contributed by atoms with van der Waals surface area (Å²) in [4.78, 5) is 38.2. The van der Waals surface area contributed by atoms with Crippen LogP contribution in [-0.4, -0.2) is 43.3 Å². The molecular weight excluding hydrogens is 416 g/mol. The molecule has 0 aromatic heterocycles. The quantitative estimate of drug-likeness (QED) is 0.491. The number of anilines is 2. The van der Waals surface area contributed by atoms with Crippen LogP contribution in [0.1, 0.15) is 39.2 Å². The van der Waals surface area contributed by atoms with Crippen LogP contribution in [0.3, 0.4) is 0 Å². The van der Waals surface area contributed by atoms with Gasteiger partial charge >= 0.3 is 0 Å². The first-order valence-corrected chi connectivity index (χ1v) is 10.6. The molecule has 7 heteroatoms. The lowest BCUT2D eigenvalue weighted by atomic mass is 10.1. The van der Waals surface area contributed by atoms with Gasteiger partial charge in [0.2, 0.25) is 5.91 Å². The van der Waals surface area contributed by atoms with E-state index in [0.717, 1.165) is 11.3 Å². The minimum atomic E-state index is -0.224. The molecule has 7 nitrogen and oxygen atoms in total. The van der Waals surface area contributed by atoms with Gasteiger partial charge in [-0.05, 0) is 61.0 Å². The van der Waals surface area contributed by atoms with Gasteiger partial charge in [0.25, 0.3) is 11.8 Å². The van der Waals surface area contributed by atoms with Crippen LogP contribution in [0.2, 0.25) is 0 Å². The Morgan fingerprint density at radius 3 is 1.97 bits per heavy atom. The topological polar surface area (TPSA) is 90.5 Å². The molecule has 0 saturated heterocycles. The number of carbonyl (C=O) groups is 3. The highest BCUT2D eigenvalue weighted by atomic mass is 16.2. The third-order valence-electron chi connectivity index (χ3n) is 5.07. The lowest BCUT2D eigenvalue weighted by molar-refractivity contribution is -0.114. The molecule has 3 aromatic carbocycles. The van der Waals surface area contributed by atoms with Crippen LogP contribution in [0, 0.1) is 0 Å². The van der Waals surface area contributed by atoms with Crippen molar-refractivity contribution in [3.05, 3.63) is 95.6 Å². The SMILES string of the molecule is CC(NC(=O)c1ccc(NC(=O)CNc2ccc(C(=O)N(C)C)cc2)cc1)c1ccccc1. The minimum Gasteiger partial charge on any atom is -0.376 e. The van der Waals surface area contributed by atoms with E-state index in [-0.39, 0.29) is 30.3 Å². The maximum Gasteiger partial charge on any atom is 0.253 e. The zero-order valence-corrected chi connectivity index (χ0v) is 19.0. The van der Waals surface area contributed by atoms with Crippen molar-refractivity contribution in [2.24, 2.45) is 0 Å². The normalized spacial score (nSPS) is 11.2. The van der Waals surface area contributed by atoms with E-state index in [9.17, 15) is 14.4 Å². The maximum atomic E-state index is 12.5. The van der Waals surface area contributed by atoms with Gasteiger partial charge in [-0.2, -0.15) is 0 Å². The van der Waals surface area contributed by atoms with Gasteiger partial charge in [0.05, 0.1) is 12.6 Å². The fourth-order valence-electron chi connectivity index (χ4n) is 3.19. The molecule has 33 heavy (non-hydrogen) atoms. The Morgan fingerprint density at radius 2 is 1.36 bits per heavy atom. The van der Waals surface area contributed by atoms with Gasteiger partial charge in [-0.3, -0.25) is 14.4 Å². The molecule has 3 aromatic rings. The van der Waals surface area contributed by atoms with Gasteiger partial charge in [-0.1, -0.05) is 30.3 Å². The second kappa shape index (κ2) is 10.9. The molecule has 1 atom stereocenters. The van der Waals surface area contributed by atoms with Gasteiger partial charge in [0.1, 0.15) is 0 Å². The molecule has 0 aliphatic heterocycles. The van der Waals surface area contributed by atoms with Crippen molar-refractivity contribution in [2.45, 2.75) is 13.0 Å². The summed E-state index contributed by atoms with van der Waals surface area (Å²) >= 11 is 0. The lowest BCUT2D eigenvalue weighted by Gasteiger charge is -2.14. The second-order valence-corrected chi connectivity index (χ2v) is 7.86. The van der Waals surface area contributed by atoms with E-state index < -0.39 is 0 Å². The molecule has 0 bridgehead atoms. The molecule has 170 valence electrons. The van der Waals surface area contributed by atoms with E-state index in [1.54, 1.807) is 62.6 Å². The Hall–Kier alpha value is -4.13. The van der Waals surface area contributed by atoms with Crippen molar-refractivity contribution in [2.75, 3.05) is 31.3 Å². The minimum absolute atomic E-state index is 0.0673. The Labute approximate surface area is 193 Å². The third-order valence-corrected chi connectivity index (χ3v) is 5.07. The molecular formula is C26H28N4O3. The van der Waals surface area contributed by atoms with Gasteiger partial charge in [-0.15, -0.1) is 0 Å². The van der Waals surface area contributed by atoms with E-state index >= 15 is 0 Å². The number of amides is 3. The maximum absolute atomic E-state index is 12.5. The van der Waals surface area contributed by atoms with Gasteiger partial charge in [-0.25, -0.2) is 0 Å². The number of nitrogens with one attached hydrogen (secondary N) is 3. The molecule has 3 amide bonds. The van der Waals surface area contributed by atoms with Crippen LogP contribution in [0.15, 0.2) is 78.9 Å². The standard InChI is InChI=1S/C26H28N4O3/c1-18(19-7-5-4-6-8-19)28-25(32)20-9-15-23(16-10-20)29-24(31)17-27-22-13-11-21(12-14-22)26(33)30(2)3/h4-16,18,27H,17H2,1-3H3,(H,28,32)(H,29,31). The molecule has 0 radical (unpaired) electrons. The van der Waals surface area contributed by atoms with Crippen LogP contribution in [0.4, 0.5) is 11.4 Å². The number of hydrogen-bond donors (Lipinski definition) is 3. The highest BCUT2D eigenvalue weighted by Gasteiger charge is 2.12. The number of rotatable bonds is 8. The van der Waals surface area contributed by atoms with Crippen molar-refractivity contribution in [1.29, 1.82) is 0 Å². The molecule has 0 spiro atoms. The molecule has 0 fully saturated rings. The van der Waals surface area contributed by atoms with E-state index in [2.05, 4.69) is 16.0 Å². The first-order chi connectivity index (χ1) is 15.8. The van der Waals surface area contributed by atoms with Crippen LogP contribution in [-0.2, 0) is 4.79 Å². The Balaban J connectivity index is 1.48. The van der Waals surface area contributed by atoms with Crippen molar-refractivity contribution in [3.63, 3.8) is 0 Å². The molecule has 0 saturated carbocycles.